The predicted octanol–water partition coefficient (Wildman–Crippen LogP) is 8.96. The normalized spacial score (nSPS) is 12.9. The minimum atomic E-state index is 0.620. The Morgan fingerprint density at radius 3 is 1.57 bits per heavy atom. The van der Waals surface area contributed by atoms with E-state index in [1.54, 1.807) is 0 Å². The monoisotopic (exact) mass is 603 g/mol. The third-order valence-electron chi connectivity index (χ3n) is 9.11. The number of aromatic nitrogens is 3. The van der Waals surface area contributed by atoms with Gasteiger partial charge in [-0.1, -0.05) is 146 Å². The highest BCUT2D eigenvalue weighted by atomic mass is 16.3. The zero-order valence-corrected chi connectivity index (χ0v) is 25.6. The van der Waals surface area contributed by atoms with Crippen LogP contribution in [-0.4, -0.2) is 15.0 Å². The smallest absolute Gasteiger partial charge is 0.164 e. The van der Waals surface area contributed by atoms with E-state index in [0.29, 0.717) is 17.5 Å². The van der Waals surface area contributed by atoms with E-state index in [0.717, 1.165) is 57.0 Å². The van der Waals surface area contributed by atoms with Gasteiger partial charge in [0.25, 0.3) is 0 Å². The lowest BCUT2D eigenvalue weighted by atomic mass is 9.86. The SMILES string of the molecule is c1ccc(C2=c3ccccc3=C(c3cccc4c3oc3cccc(-c5nc(-c6ccccc6)nc(-c6ccccc6)n5)c34)CC2)cc1. The van der Waals surface area contributed by atoms with Gasteiger partial charge in [0.05, 0.1) is 0 Å². The summed E-state index contributed by atoms with van der Waals surface area (Å²) >= 11 is 0. The largest absolute Gasteiger partial charge is 0.455 e. The van der Waals surface area contributed by atoms with Gasteiger partial charge in [0.1, 0.15) is 11.2 Å². The van der Waals surface area contributed by atoms with Crippen LogP contribution < -0.4 is 10.4 Å². The molecule has 1 aliphatic carbocycles. The first kappa shape index (κ1) is 27.2. The topological polar surface area (TPSA) is 51.8 Å². The molecule has 0 fully saturated rings. The van der Waals surface area contributed by atoms with E-state index < -0.39 is 0 Å². The second-order valence-corrected chi connectivity index (χ2v) is 11.9. The zero-order valence-electron chi connectivity index (χ0n) is 25.6. The average molecular weight is 604 g/mol. The van der Waals surface area contributed by atoms with Crippen LogP contribution in [-0.2, 0) is 0 Å². The highest BCUT2D eigenvalue weighted by molar-refractivity contribution is 6.14. The number of hydrogen-bond donors (Lipinski definition) is 0. The van der Waals surface area contributed by atoms with Gasteiger partial charge >= 0.3 is 0 Å². The van der Waals surface area contributed by atoms with Gasteiger partial charge in [-0.05, 0) is 46.1 Å². The van der Waals surface area contributed by atoms with Crippen molar-refractivity contribution in [2.24, 2.45) is 0 Å². The molecule has 2 aromatic heterocycles. The summed E-state index contributed by atoms with van der Waals surface area (Å²) in [6.45, 7) is 0. The first-order valence-electron chi connectivity index (χ1n) is 16.0. The van der Waals surface area contributed by atoms with Gasteiger partial charge < -0.3 is 4.42 Å². The van der Waals surface area contributed by atoms with Crippen molar-refractivity contribution in [3.05, 3.63) is 173 Å². The third-order valence-corrected chi connectivity index (χ3v) is 9.11. The van der Waals surface area contributed by atoms with Gasteiger partial charge in [-0.3, -0.25) is 0 Å². The number of rotatable bonds is 5. The molecule has 0 saturated heterocycles. The van der Waals surface area contributed by atoms with Crippen molar-refractivity contribution >= 4 is 33.1 Å². The van der Waals surface area contributed by atoms with Crippen LogP contribution in [0.15, 0.2) is 156 Å². The van der Waals surface area contributed by atoms with Crippen LogP contribution in [0.3, 0.4) is 0 Å². The number of furan rings is 1. The Labute approximate surface area is 272 Å². The van der Waals surface area contributed by atoms with Gasteiger partial charge in [0, 0.05) is 33.0 Å². The van der Waals surface area contributed by atoms with E-state index in [1.807, 2.05) is 72.8 Å². The van der Waals surface area contributed by atoms with Gasteiger partial charge in [-0.2, -0.15) is 0 Å². The van der Waals surface area contributed by atoms with Crippen LogP contribution in [0.5, 0.6) is 0 Å². The van der Waals surface area contributed by atoms with Crippen LogP contribution >= 0.6 is 0 Å². The summed E-state index contributed by atoms with van der Waals surface area (Å²) in [5.74, 6) is 1.90. The Morgan fingerprint density at radius 2 is 0.915 bits per heavy atom. The average Bonchev–Trinajstić information content (AvgIpc) is 3.55. The molecule has 1 aliphatic rings. The minimum absolute atomic E-state index is 0.620. The van der Waals surface area contributed by atoms with Crippen molar-refractivity contribution in [3.63, 3.8) is 0 Å². The molecule has 2 heterocycles. The van der Waals surface area contributed by atoms with Crippen molar-refractivity contribution < 1.29 is 4.42 Å². The van der Waals surface area contributed by atoms with E-state index in [2.05, 4.69) is 78.9 Å². The van der Waals surface area contributed by atoms with Crippen molar-refractivity contribution in [1.82, 2.24) is 15.0 Å². The Morgan fingerprint density at radius 1 is 0.404 bits per heavy atom. The molecular formula is C43H29N3O. The lowest BCUT2D eigenvalue weighted by Gasteiger charge is -2.18. The molecule has 6 aromatic carbocycles. The quantitative estimate of drug-likeness (QED) is 0.197. The molecule has 4 nitrogen and oxygen atoms in total. The molecule has 0 atom stereocenters. The van der Waals surface area contributed by atoms with E-state index in [4.69, 9.17) is 19.4 Å². The summed E-state index contributed by atoms with van der Waals surface area (Å²) in [4.78, 5) is 15.0. The zero-order chi connectivity index (χ0) is 31.2. The highest BCUT2D eigenvalue weighted by Crippen LogP contribution is 2.40. The Kier molecular flexibility index (Phi) is 6.57. The van der Waals surface area contributed by atoms with Crippen molar-refractivity contribution in [1.29, 1.82) is 0 Å². The number of benzene rings is 6. The maximum atomic E-state index is 6.76. The predicted molar refractivity (Wildman–Crippen MR) is 190 cm³/mol. The summed E-state index contributed by atoms with van der Waals surface area (Å²) in [7, 11) is 0. The van der Waals surface area contributed by atoms with E-state index in [9.17, 15) is 0 Å². The fourth-order valence-electron chi connectivity index (χ4n) is 6.95. The molecule has 0 amide bonds. The molecule has 4 heteroatoms. The van der Waals surface area contributed by atoms with Crippen LogP contribution in [0, 0.1) is 0 Å². The maximum Gasteiger partial charge on any atom is 0.164 e. The molecule has 8 aromatic rings. The second-order valence-electron chi connectivity index (χ2n) is 11.9. The summed E-state index contributed by atoms with van der Waals surface area (Å²) in [5, 5.41) is 4.62. The van der Waals surface area contributed by atoms with Crippen LogP contribution in [0.2, 0.25) is 0 Å². The molecule has 9 rings (SSSR count). The molecule has 0 radical (unpaired) electrons. The maximum absolute atomic E-state index is 6.76. The first-order chi connectivity index (χ1) is 23.3. The molecule has 0 bridgehead atoms. The molecule has 0 aliphatic heterocycles. The fourth-order valence-corrected chi connectivity index (χ4v) is 6.95. The molecule has 0 unspecified atom stereocenters. The highest BCUT2D eigenvalue weighted by Gasteiger charge is 2.21. The number of fused-ring (bicyclic) bond motifs is 4. The molecule has 47 heavy (non-hydrogen) atoms. The molecular weight excluding hydrogens is 574 g/mol. The van der Waals surface area contributed by atoms with Gasteiger partial charge in [-0.25, -0.2) is 15.0 Å². The second kappa shape index (κ2) is 11.3. The lowest BCUT2D eigenvalue weighted by molar-refractivity contribution is 0.667. The third kappa shape index (κ3) is 4.74. The minimum Gasteiger partial charge on any atom is -0.455 e. The van der Waals surface area contributed by atoms with E-state index in [1.165, 1.54) is 27.1 Å². The Balaban J connectivity index is 1.28. The Hall–Kier alpha value is -6.13. The van der Waals surface area contributed by atoms with Gasteiger partial charge in [0.15, 0.2) is 17.5 Å². The summed E-state index contributed by atoms with van der Waals surface area (Å²) in [6, 6.07) is 52.4. The van der Waals surface area contributed by atoms with Crippen LogP contribution in [0.25, 0.3) is 67.2 Å². The summed E-state index contributed by atoms with van der Waals surface area (Å²) < 4.78 is 6.76. The van der Waals surface area contributed by atoms with Gasteiger partial charge in [-0.15, -0.1) is 0 Å². The van der Waals surface area contributed by atoms with Crippen LogP contribution in [0.1, 0.15) is 24.0 Å². The van der Waals surface area contributed by atoms with E-state index >= 15 is 0 Å². The number of para-hydroxylation sites is 1. The first-order valence-corrected chi connectivity index (χ1v) is 16.0. The van der Waals surface area contributed by atoms with Crippen LogP contribution in [0.4, 0.5) is 0 Å². The molecule has 222 valence electrons. The standard InChI is InChI=1S/C43H29N3O/c1-4-14-28(15-5-1)31-26-27-34(33-21-11-10-20-32(31)33)35-22-12-23-36-39-37(24-13-25-38(39)47-40(35)36)43-45-41(29-16-6-2-7-17-29)44-42(46-43)30-18-8-3-9-19-30/h1-25H,26-27H2. The molecule has 0 saturated carbocycles. The van der Waals surface area contributed by atoms with Crippen molar-refractivity contribution in [3.8, 4) is 34.2 Å². The molecule has 0 spiro atoms. The van der Waals surface area contributed by atoms with Crippen molar-refractivity contribution in [2.45, 2.75) is 12.8 Å². The Bertz CT molecular complexity index is 2500. The number of nitrogens with zero attached hydrogens (tertiary/aromatic N) is 3. The lowest BCUT2D eigenvalue weighted by Crippen LogP contribution is -2.32. The molecule has 0 N–H and O–H groups in total. The fraction of sp³-hybridized carbons (Fsp3) is 0.0465. The summed E-state index contributed by atoms with van der Waals surface area (Å²) in [6.07, 6.45) is 1.90. The summed E-state index contributed by atoms with van der Waals surface area (Å²) in [5.41, 5.74) is 9.63. The van der Waals surface area contributed by atoms with E-state index in [-0.39, 0.29) is 0 Å². The number of hydrogen-bond acceptors (Lipinski definition) is 4. The van der Waals surface area contributed by atoms with Crippen molar-refractivity contribution in [2.75, 3.05) is 0 Å². The van der Waals surface area contributed by atoms with Gasteiger partial charge in [0.2, 0.25) is 0 Å².